The maximum Gasteiger partial charge on any atom is 0.501 e. The molecule has 1 aliphatic rings. The first-order valence-corrected chi connectivity index (χ1v) is 12.1. The lowest BCUT2D eigenvalue weighted by Gasteiger charge is -2.36. The number of rotatable bonds is 12. The van der Waals surface area contributed by atoms with E-state index in [0.29, 0.717) is 32.2 Å². The van der Waals surface area contributed by atoms with E-state index < -0.39 is 8.80 Å². The summed E-state index contributed by atoms with van der Waals surface area (Å²) in [6.07, 6.45) is 4.80. The third-order valence-electron chi connectivity index (χ3n) is 3.95. The minimum absolute atomic E-state index is 0.0791. The standard InChI is InChI=1S/C17H34O5SSi/c1-4-5-6-8-17(19)23-9-7-10-24(20-12-15(2)11-18)21-13-16(3)14-22-24/h15-16,18H,4-14H2,1-3H3. The molecule has 1 saturated heterocycles. The Morgan fingerprint density at radius 2 is 2.04 bits per heavy atom. The van der Waals surface area contributed by atoms with Gasteiger partial charge < -0.3 is 18.4 Å². The largest absolute Gasteiger partial charge is 0.501 e. The first kappa shape index (κ1) is 22.1. The summed E-state index contributed by atoms with van der Waals surface area (Å²) in [6.45, 7) is 8.08. The van der Waals surface area contributed by atoms with Crippen molar-refractivity contribution in [3.05, 3.63) is 0 Å². The molecule has 7 heteroatoms. The number of hydrogen-bond donors (Lipinski definition) is 1. The van der Waals surface area contributed by atoms with Crippen molar-refractivity contribution >= 4 is 25.7 Å². The smallest absolute Gasteiger partial charge is 0.396 e. The molecule has 0 spiro atoms. The summed E-state index contributed by atoms with van der Waals surface area (Å²) in [5, 5.41) is 9.45. The maximum atomic E-state index is 11.8. The molecular formula is C17H34O5SSi. The molecule has 1 rings (SSSR count). The first-order chi connectivity index (χ1) is 11.5. The van der Waals surface area contributed by atoms with Crippen LogP contribution < -0.4 is 0 Å². The number of unbranched alkanes of at least 4 members (excludes halogenated alkanes) is 2. The lowest BCUT2D eigenvalue weighted by atomic mass is 10.2. The minimum Gasteiger partial charge on any atom is -0.396 e. The van der Waals surface area contributed by atoms with Crippen molar-refractivity contribution in [1.29, 1.82) is 0 Å². The molecule has 1 N–H and O–H groups in total. The number of aliphatic hydroxyl groups is 1. The monoisotopic (exact) mass is 378 g/mol. The summed E-state index contributed by atoms with van der Waals surface area (Å²) in [5.41, 5.74) is 0. The Balaban J connectivity index is 2.32. The van der Waals surface area contributed by atoms with E-state index >= 15 is 0 Å². The van der Waals surface area contributed by atoms with Crippen molar-refractivity contribution in [2.24, 2.45) is 11.8 Å². The summed E-state index contributed by atoms with van der Waals surface area (Å²) in [5.74, 6) is 1.26. The highest BCUT2D eigenvalue weighted by Gasteiger charge is 2.44. The van der Waals surface area contributed by atoms with Crippen LogP contribution in [0.2, 0.25) is 6.04 Å². The van der Waals surface area contributed by atoms with Gasteiger partial charge in [0.15, 0.2) is 5.12 Å². The molecule has 0 aromatic rings. The first-order valence-electron chi connectivity index (χ1n) is 9.19. The van der Waals surface area contributed by atoms with E-state index in [1.165, 1.54) is 11.8 Å². The molecule has 1 atom stereocenters. The van der Waals surface area contributed by atoms with Gasteiger partial charge in [-0.05, 0) is 12.8 Å². The van der Waals surface area contributed by atoms with Crippen LogP contribution in [0.4, 0.5) is 0 Å². The predicted molar refractivity (Wildman–Crippen MR) is 100 cm³/mol. The average Bonchev–Trinajstić information content (AvgIpc) is 2.59. The molecule has 0 saturated carbocycles. The molecule has 0 radical (unpaired) electrons. The highest BCUT2D eigenvalue weighted by Crippen LogP contribution is 2.26. The van der Waals surface area contributed by atoms with E-state index in [1.54, 1.807) is 0 Å². The van der Waals surface area contributed by atoms with Gasteiger partial charge >= 0.3 is 8.80 Å². The predicted octanol–water partition coefficient (Wildman–Crippen LogP) is 3.48. The van der Waals surface area contributed by atoms with Crippen molar-refractivity contribution in [3.63, 3.8) is 0 Å². The van der Waals surface area contributed by atoms with Gasteiger partial charge in [0.05, 0.1) is 0 Å². The van der Waals surface area contributed by atoms with Crippen molar-refractivity contribution in [2.45, 2.75) is 58.9 Å². The second-order valence-electron chi connectivity index (χ2n) is 6.79. The van der Waals surface area contributed by atoms with Gasteiger partial charge in [-0.2, -0.15) is 0 Å². The highest BCUT2D eigenvalue weighted by molar-refractivity contribution is 8.13. The average molecular weight is 379 g/mol. The van der Waals surface area contributed by atoms with Gasteiger partial charge in [0.2, 0.25) is 0 Å². The second-order valence-corrected chi connectivity index (χ2v) is 10.7. The lowest BCUT2D eigenvalue weighted by Crippen LogP contribution is -2.52. The van der Waals surface area contributed by atoms with E-state index in [0.717, 1.165) is 37.5 Å². The van der Waals surface area contributed by atoms with Crippen LogP contribution in [-0.4, -0.2) is 51.2 Å². The molecule has 1 fully saturated rings. The van der Waals surface area contributed by atoms with Gasteiger partial charge in [0.1, 0.15) is 0 Å². The van der Waals surface area contributed by atoms with Crippen LogP contribution >= 0.6 is 11.8 Å². The second kappa shape index (κ2) is 12.4. The van der Waals surface area contributed by atoms with Crippen LogP contribution in [0.1, 0.15) is 52.9 Å². The zero-order valence-electron chi connectivity index (χ0n) is 15.4. The van der Waals surface area contributed by atoms with Gasteiger partial charge in [-0.25, -0.2) is 0 Å². The Morgan fingerprint density at radius 3 is 2.67 bits per heavy atom. The Bertz CT molecular complexity index is 348. The Hall–Kier alpha value is 0.0769. The van der Waals surface area contributed by atoms with E-state index in [1.807, 2.05) is 6.92 Å². The molecule has 1 unspecified atom stereocenters. The van der Waals surface area contributed by atoms with Crippen molar-refractivity contribution in [1.82, 2.24) is 0 Å². The topological polar surface area (TPSA) is 65.0 Å². The molecule has 5 nitrogen and oxygen atoms in total. The molecule has 24 heavy (non-hydrogen) atoms. The zero-order valence-corrected chi connectivity index (χ0v) is 17.2. The summed E-state index contributed by atoms with van der Waals surface area (Å²) in [7, 11) is -2.64. The summed E-state index contributed by atoms with van der Waals surface area (Å²) >= 11 is 1.42. The zero-order chi connectivity index (χ0) is 17.8. The fourth-order valence-electron chi connectivity index (χ4n) is 2.32. The maximum absolute atomic E-state index is 11.8. The van der Waals surface area contributed by atoms with Crippen LogP contribution in [0.3, 0.4) is 0 Å². The van der Waals surface area contributed by atoms with Crippen molar-refractivity contribution in [2.75, 3.05) is 32.2 Å². The molecular weight excluding hydrogens is 344 g/mol. The van der Waals surface area contributed by atoms with Crippen molar-refractivity contribution < 1.29 is 23.2 Å². The summed E-state index contributed by atoms with van der Waals surface area (Å²) in [4.78, 5) is 11.8. The summed E-state index contributed by atoms with van der Waals surface area (Å²) < 4.78 is 18.0. The van der Waals surface area contributed by atoms with Crippen LogP contribution in [0.25, 0.3) is 0 Å². The number of carbonyl (C=O) groups excluding carboxylic acids is 1. The van der Waals surface area contributed by atoms with E-state index in [4.69, 9.17) is 18.4 Å². The van der Waals surface area contributed by atoms with Crippen LogP contribution in [0.5, 0.6) is 0 Å². The van der Waals surface area contributed by atoms with E-state index in [9.17, 15) is 4.79 Å². The Labute approximate surface area is 152 Å². The van der Waals surface area contributed by atoms with Gasteiger partial charge in [0, 0.05) is 56.5 Å². The third kappa shape index (κ3) is 8.96. The number of aliphatic hydroxyl groups excluding tert-OH is 1. The third-order valence-corrected chi connectivity index (χ3v) is 7.75. The normalized spacial score (nSPS) is 25.6. The molecule has 0 bridgehead atoms. The molecule has 0 aliphatic carbocycles. The highest BCUT2D eigenvalue weighted by atomic mass is 32.2. The molecule has 1 heterocycles. The Morgan fingerprint density at radius 1 is 1.33 bits per heavy atom. The molecule has 0 amide bonds. The van der Waals surface area contributed by atoms with Gasteiger partial charge in [-0.1, -0.05) is 45.4 Å². The number of thioether (sulfide) groups is 1. The fourth-order valence-corrected chi connectivity index (χ4v) is 6.29. The van der Waals surface area contributed by atoms with Gasteiger partial charge in [-0.3, -0.25) is 4.79 Å². The quantitative estimate of drug-likeness (QED) is 0.414. The minimum atomic E-state index is -2.64. The van der Waals surface area contributed by atoms with Crippen LogP contribution in [0, 0.1) is 11.8 Å². The molecule has 142 valence electrons. The van der Waals surface area contributed by atoms with Gasteiger partial charge in [-0.15, -0.1) is 0 Å². The van der Waals surface area contributed by atoms with Crippen LogP contribution in [-0.2, 0) is 18.1 Å². The fraction of sp³-hybridized carbons (Fsp3) is 0.941. The molecule has 1 aliphatic heterocycles. The van der Waals surface area contributed by atoms with E-state index in [2.05, 4.69) is 13.8 Å². The van der Waals surface area contributed by atoms with Gasteiger partial charge in [0.25, 0.3) is 0 Å². The lowest BCUT2D eigenvalue weighted by molar-refractivity contribution is -0.111. The SMILES string of the molecule is CCCCCC(=O)SCCC[Si]1(OCC(C)CO)OCC(C)CO1. The summed E-state index contributed by atoms with van der Waals surface area (Å²) in [6, 6.07) is 0.743. The Kier molecular flexibility index (Phi) is 11.5. The molecule has 0 aromatic carbocycles. The van der Waals surface area contributed by atoms with E-state index in [-0.39, 0.29) is 17.6 Å². The number of carbonyl (C=O) groups is 1. The van der Waals surface area contributed by atoms with Crippen molar-refractivity contribution in [3.8, 4) is 0 Å². The molecule has 0 aromatic heterocycles. The number of hydrogen-bond acceptors (Lipinski definition) is 6. The van der Waals surface area contributed by atoms with Crippen LogP contribution in [0.15, 0.2) is 0 Å².